The molecule has 0 radical (unpaired) electrons. The Labute approximate surface area is 98.8 Å². The van der Waals surface area contributed by atoms with Crippen LogP contribution < -0.4 is 11.5 Å². The van der Waals surface area contributed by atoms with E-state index >= 15 is 0 Å². The van der Waals surface area contributed by atoms with E-state index in [1.807, 2.05) is 18.2 Å². The summed E-state index contributed by atoms with van der Waals surface area (Å²) in [5.74, 6) is -0.233. The SMILES string of the molecule is COCC(CN)c1ccc2c(c1)oc(=O)n2C. The molecule has 0 bridgehead atoms. The van der Waals surface area contributed by atoms with Crippen molar-refractivity contribution in [3.63, 3.8) is 0 Å². The molecule has 0 fully saturated rings. The van der Waals surface area contributed by atoms with Crippen LogP contribution in [-0.2, 0) is 11.8 Å². The van der Waals surface area contributed by atoms with Crippen LogP contribution in [0.1, 0.15) is 11.5 Å². The summed E-state index contributed by atoms with van der Waals surface area (Å²) in [5.41, 5.74) is 8.09. The highest BCUT2D eigenvalue weighted by molar-refractivity contribution is 5.73. The number of nitrogens with two attached hydrogens (primary N) is 1. The van der Waals surface area contributed by atoms with E-state index in [4.69, 9.17) is 14.9 Å². The number of aromatic nitrogens is 1. The van der Waals surface area contributed by atoms with Crippen molar-refractivity contribution < 1.29 is 9.15 Å². The molecule has 0 aliphatic rings. The van der Waals surface area contributed by atoms with Crippen molar-refractivity contribution >= 4 is 11.1 Å². The van der Waals surface area contributed by atoms with Crippen LogP contribution in [0.3, 0.4) is 0 Å². The monoisotopic (exact) mass is 236 g/mol. The van der Waals surface area contributed by atoms with Crippen LogP contribution in [-0.4, -0.2) is 24.8 Å². The molecule has 1 aromatic carbocycles. The van der Waals surface area contributed by atoms with E-state index in [0.717, 1.165) is 11.1 Å². The number of hydrogen-bond donors (Lipinski definition) is 1. The molecule has 1 heterocycles. The fourth-order valence-electron chi connectivity index (χ4n) is 1.91. The lowest BCUT2D eigenvalue weighted by molar-refractivity contribution is 0.181. The maximum atomic E-state index is 11.4. The zero-order valence-electron chi connectivity index (χ0n) is 9.97. The van der Waals surface area contributed by atoms with Gasteiger partial charge in [-0.05, 0) is 17.7 Å². The van der Waals surface area contributed by atoms with Gasteiger partial charge in [-0.2, -0.15) is 0 Å². The quantitative estimate of drug-likeness (QED) is 0.853. The van der Waals surface area contributed by atoms with Crippen molar-refractivity contribution in [3.8, 4) is 0 Å². The number of fused-ring (bicyclic) bond motifs is 1. The summed E-state index contributed by atoms with van der Waals surface area (Å²) in [6.45, 7) is 1.05. The van der Waals surface area contributed by atoms with Crippen LogP contribution in [0.2, 0.25) is 0 Å². The average Bonchev–Trinajstić information content (AvgIpc) is 2.61. The Morgan fingerprint density at radius 1 is 1.53 bits per heavy atom. The lowest BCUT2D eigenvalue weighted by atomic mass is 10.00. The minimum Gasteiger partial charge on any atom is -0.408 e. The molecule has 1 aromatic heterocycles. The minimum absolute atomic E-state index is 0.120. The van der Waals surface area contributed by atoms with Crippen molar-refractivity contribution in [2.24, 2.45) is 12.8 Å². The third-order valence-electron chi connectivity index (χ3n) is 2.94. The van der Waals surface area contributed by atoms with E-state index < -0.39 is 0 Å². The first kappa shape index (κ1) is 11.9. The van der Waals surface area contributed by atoms with Crippen LogP contribution >= 0.6 is 0 Å². The van der Waals surface area contributed by atoms with Crippen molar-refractivity contribution in [2.45, 2.75) is 5.92 Å². The highest BCUT2D eigenvalue weighted by Gasteiger charge is 2.12. The molecule has 0 saturated heterocycles. The normalized spacial score (nSPS) is 13.1. The maximum absolute atomic E-state index is 11.4. The first-order chi connectivity index (χ1) is 8.17. The van der Waals surface area contributed by atoms with Crippen molar-refractivity contribution in [1.29, 1.82) is 0 Å². The minimum atomic E-state index is -0.354. The molecule has 5 heteroatoms. The van der Waals surface area contributed by atoms with Crippen LogP contribution in [0.25, 0.3) is 11.1 Å². The fourth-order valence-corrected chi connectivity index (χ4v) is 1.91. The molecule has 2 N–H and O–H groups in total. The van der Waals surface area contributed by atoms with Gasteiger partial charge in [0.2, 0.25) is 0 Å². The van der Waals surface area contributed by atoms with Gasteiger partial charge in [0.1, 0.15) is 0 Å². The van der Waals surface area contributed by atoms with E-state index in [1.54, 1.807) is 14.2 Å². The number of hydrogen-bond acceptors (Lipinski definition) is 4. The van der Waals surface area contributed by atoms with E-state index in [-0.39, 0.29) is 11.7 Å². The molecule has 1 unspecified atom stereocenters. The summed E-state index contributed by atoms with van der Waals surface area (Å²) in [7, 11) is 3.33. The van der Waals surface area contributed by atoms with Crippen LogP contribution in [0.4, 0.5) is 0 Å². The summed E-state index contributed by atoms with van der Waals surface area (Å²) in [6.07, 6.45) is 0. The predicted octanol–water partition coefficient (Wildman–Crippen LogP) is 0.820. The lowest BCUT2D eigenvalue weighted by Crippen LogP contribution is -2.17. The van der Waals surface area contributed by atoms with E-state index in [2.05, 4.69) is 0 Å². The van der Waals surface area contributed by atoms with Crippen LogP contribution in [0.5, 0.6) is 0 Å². The van der Waals surface area contributed by atoms with Gasteiger partial charge in [-0.1, -0.05) is 6.07 Å². The summed E-state index contributed by atoms with van der Waals surface area (Å²) >= 11 is 0. The van der Waals surface area contributed by atoms with Gasteiger partial charge in [0.15, 0.2) is 5.58 Å². The number of aryl methyl sites for hydroxylation is 1. The van der Waals surface area contributed by atoms with Crippen molar-refractivity contribution in [1.82, 2.24) is 4.57 Å². The van der Waals surface area contributed by atoms with Gasteiger partial charge in [0.25, 0.3) is 0 Å². The second-order valence-electron chi connectivity index (χ2n) is 4.04. The average molecular weight is 236 g/mol. The second kappa shape index (κ2) is 4.73. The maximum Gasteiger partial charge on any atom is 0.419 e. The second-order valence-corrected chi connectivity index (χ2v) is 4.04. The first-order valence-corrected chi connectivity index (χ1v) is 5.46. The van der Waals surface area contributed by atoms with Crippen molar-refractivity contribution in [2.75, 3.05) is 20.3 Å². The number of nitrogens with zero attached hydrogens (tertiary/aromatic N) is 1. The summed E-state index contributed by atoms with van der Waals surface area (Å²) in [4.78, 5) is 11.4. The molecule has 5 nitrogen and oxygen atoms in total. The van der Waals surface area contributed by atoms with Gasteiger partial charge < -0.3 is 14.9 Å². The van der Waals surface area contributed by atoms with Crippen LogP contribution in [0.15, 0.2) is 27.4 Å². The zero-order chi connectivity index (χ0) is 12.4. The number of methoxy groups -OCH3 is 1. The van der Waals surface area contributed by atoms with Gasteiger partial charge in [-0.3, -0.25) is 4.57 Å². The summed E-state index contributed by atoms with van der Waals surface area (Å²) < 4.78 is 11.7. The molecule has 92 valence electrons. The Balaban J connectivity index is 2.47. The molecule has 2 rings (SSSR count). The van der Waals surface area contributed by atoms with Gasteiger partial charge in [-0.25, -0.2) is 4.79 Å². The van der Waals surface area contributed by atoms with Crippen LogP contribution in [0, 0.1) is 0 Å². The lowest BCUT2D eigenvalue weighted by Gasteiger charge is -2.13. The molecule has 0 saturated carbocycles. The molecule has 0 aliphatic carbocycles. The summed E-state index contributed by atoms with van der Waals surface area (Å²) in [6, 6.07) is 5.68. The molecule has 2 aromatic rings. The third kappa shape index (κ3) is 2.11. The number of ether oxygens (including phenoxy) is 1. The molecule has 0 spiro atoms. The van der Waals surface area contributed by atoms with Gasteiger partial charge in [0.05, 0.1) is 12.1 Å². The Morgan fingerprint density at radius 2 is 2.29 bits per heavy atom. The summed E-state index contributed by atoms with van der Waals surface area (Å²) in [5, 5.41) is 0. The Kier molecular flexibility index (Phi) is 3.31. The Hall–Kier alpha value is -1.59. The number of benzene rings is 1. The smallest absolute Gasteiger partial charge is 0.408 e. The molecule has 17 heavy (non-hydrogen) atoms. The van der Waals surface area contributed by atoms with Crippen molar-refractivity contribution in [3.05, 3.63) is 34.3 Å². The number of rotatable bonds is 4. The standard InChI is InChI=1S/C12H16N2O3/c1-14-10-4-3-8(9(6-13)7-16-2)5-11(10)17-12(14)15/h3-5,9H,6-7,13H2,1-2H3. The number of oxazole rings is 1. The molecule has 0 aliphatic heterocycles. The topological polar surface area (TPSA) is 70.4 Å². The van der Waals surface area contributed by atoms with Gasteiger partial charge in [-0.15, -0.1) is 0 Å². The van der Waals surface area contributed by atoms with E-state index in [1.165, 1.54) is 4.57 Å². The zero-order valence-corrected chi connectivity index (χ0v) is 9.97. The highest BCUT2D eigenvalue weighted by atomic mass is 16.5. The molecule has 1 atom stereocenters. The first-order valence-electron chi connectivity index (χ1n) is 5.46. The van der Waals surface area contributed by atoms with E-state index in [9.17, 15) is 4.79 Å². The molecular weight excluding hydrogens is 220 g/mol. The van der Waals surface area contributed by atoms with Gasteiger partial charge in [0, 0.05) is 26.6 Å². The largest absolute Gasteiger partial charge is 0.419 e. The Bertz CT molecular complexity index is 571. The third-order valence-corrected chi connectivity index (χ3v) is 2.94. The predicted molar refractivity (Wildman–Crippen MR) is 65.1 cm³/mol. The van der Waals surface area contributed by atoms with E-state index in [0.29, 0.717) is 18.7 Å². The molecule has 0 amide bonds. The van der Waals surface area contributed by atoms with Gasteiger partial charge >= 0.3 is 5.76 Å². The fraction of sp³-hybridized carbons (Fsp3) is 0.417. The highest BCUT2D eigenvalue weighted by Crippen LogP contribution is 2.20. The molecular formula is C12H16N2O3. The Morgan fingerprint density at radius 3 is 2.94 bits per heavy atom.